The first-order valence-electron chi connectivity index (χ1n) is 5.41. The lowest BCUT2D eigenvalue weighted by Gasteiger charge is -2.10. The molecule has 2 rings (SSSR count). The van der Waals surface area contributed by atoms with Gasteiger partial charge < -0.3 is 11.1 Å². The summed E-state index contributed by atoms with van der Waals surface area (Å²) in [6.07, 6.45) is 0.209. The lowest BCUT2D eigenvalue weighted by molar-refractivity contribution is -0.115. The molecule has 4 nitrogen and oxygen atoms in total. The van der Waals surface area contributed by atoms with Crippen LogP contribution in [0.5, 0.6) is 0 Å². The summed E-state index contributed by atoms with van der Waals surface area (Å²) in [7, 11) is 0. The van der Waals surface area contributed by atoms with E-state index in [0.717, 1.165) is 20.2 Å². The fourth-order valence-corrected chi connectivity index (χ4v) is 3.75. The van der Waals surface area contributed by atoms with Crippen LogP contribution in [-0.4, -0.2) is 10.9 Å². The van der Waals surface area contributed by atoms with Crippen molar-refractivity contribution in [3.05, 3.63) is 37.7 Å². The first-order chi connectivity index (χ1) is 8.95. The minimum atomic E-state index is -0.129. The van der Waals surface area contributed by atoms with Crippen LogP contribution < -0.4 is 11.1 Å². The number of amides is 1. The normalized spacial score (nSPS) is 10.5. The Kier molecular flexibility index (Phi) is 4.59. The van der Waals surface area contributed by atoms with Crippen molar-refractivity contribution in [2.45, 2.75) is 13.3 Å². The van der Waals surface area contributed by atoms with Crippen LogP contribution in [0.4, 0.5) is 10.8 Å². The Labute approximate surface area is 131 Å². The number of hydrogen-bond acceptors (Lipinski definition) is 4. The van der Waals surface area contributed by atoms with Crippen molar-refractivity contribution in [1.29, 1.82) is 0 Å². The van der Waals surface area contributed by atoms with Crippen LogP contribution in [0.2, 0.25) is 0 Å². The quantitative estimate of drug-likeness (QED) is 0.818. The van der Waals surface area contributed by atoms with Gasteiger partial charge in [0.15, 0.2) is 5.13 Å². The summed E-state index contributed by atoms with van der Waals surface area (Å²) in [5, 5.41) is 5.11. The third-order valence-corrected chi connectivity index (χ3v) is 4.34. The van der Waals surface area contributed by atoms with Gasteiger partial charge in [-0.1, -0.05) is 0 Å². The van der Waals surface area contributed by atoms with Crippen molar-refractivity contribution in [2.75, 3.05) is 11.1 Å². The molecule has 0 aliphatic carbocycles. The van der Waals surface area contributed by atoms with Gasteiger partial charge in [-0.05, 0) is 56.5 Å². The summed E-state index contributed by atoms with van der Waals surface area (Å²) in [6, 6.07) is 3.89. The smallest absolute Gasteiger partial charge is 0.230 e. The third kappa shape index (κ3) is 3.77. The van der Waals surface area contributed by atoms with Crippen LogP contribution in [0.25, 0.3) is 0 Å². The molecule has 2 aromatic rings. The zero-order chi connectivity index (χ0) is 14.0. The van der Waals surface area contributed by atoms with E-state index in [2.05, 4.69) is 42.2 Å². The van der Waals surface area contributed by atoms with E-state index in [1.165, 1.54) is 11.3 Å². The number of aryl methyl sites for hydroxylation is 1. The number of benzene rings is 1. The molecule has 1 aromatic carbocycles. The van der Waals surface area contributed by atoms with Gasteiger partial charge in [-0.3, -0.25) is 4.79 Å². The molecule has 1 amide bonds. The Morgan fingerprint density at radius 1 is 1.42 bits per heavy atom. The largest absolute Gasteiger partial charge is 0.375 e. The first kappa shape index (κ1) is 14.5. The van der Waals surface area contributed by atoms with E-state index in [0.29, 0.717) is 10.8 Å². The van der Waals surface area contributed by atoms with E-state index in [1.807, 2.05) is 19.1 Å². The van der Waals surface area contributed by atoms with Gasteiger partial charge in [0.2, 0.25) is 5.91 Å². The van der Waals surface area contributed by atoms with E-state index >= 15 is 0 Å². The standard InChI is InChI=1S/C12H11Br2N3OS/c1-6-2-8(13)11(9(14)3-6)17-10(18)4-7-5-19-12(15)16-7/h2-3,5H,4H2,1H3,(H2,15,16)(H,17,18). The third-order valence-electron chi connectivity index (χ3n) is 2.36. The SMILES string of the molecule is Cc1cc(Br)c(NC(=O)Cc2csc(N)n2)c(Br)c1. The van der Waals surface area contributed by atoms with Gasteiger partial charge in [0.05, 0.1) is 17.8 Å². The monoisotopic (exact) mass is 403 g/mol. The second-order valence-electron chi connectivity index (χ2n) is 4.01. The lowest BCUT2D eigenvalue weighted by atomic mass is 10.2. The van der Waals surface area contributed by atoms with E-state index < -0.39 is 0 Å². The molecule has 0 saturated carbocycles. The van der Waals surface area contributed by atoms with Crippen LogP contribution in [0.3, 0.4) is 0 Å². The molecule has 1 heterocycles. The van der Waals surface area contributed by atoms with Gasteiger partial charge in [0, 0.05) is 14.3 Å². The van der Waals surface area contributed by atoms with Gasteiger partial charge >= 0.3 is 0 Å². The number of nitrogens with two attached hydrogens (primary N) is 1. The number of halogens is 2. The number of anilines is 2. The van der Waals surface area contributed by atoms with Crippen molar-refractivity contribution in [3.8, 4) is 0 Å². The average molecular weight is 405 g/mol. The van der Waals surface area contributed by atoms with Crippen molar-refractivity contribution >= 4 is 59.9 Å². The van der Waals surface area contributed by atoms with Gasteiger partial charge in [-0.25, -0.2) is 4.98 Å². The number of nitrogen functional groups attached to an aromatic ring is 1. The molecular weight excluding hydrogens is 394 g/mol. The second kappa shape index (κ2) is 6.02. The lowest BCUT2D eigenvalue weighted by Crippen LogP contribution is -2.15. The zero-order valence-electron chi connectivity index (χ0n) is 10.0. The Bertz CT molecular complexity index is 604. The maximum absolute atomic E-state index is 12.0. The Balaban J connectivity index is 2.11. The number of nitrogens with zero attached hydrogens (tertiary/aromatic N) is 1. The van der Waals surface area contributed by atoms with Crippen LogP contribution in [-0.2, 0) is 11.2 Å². The molecule has 0 fully saturated rings. The van der Waals surface area contributed by atoms with Crippen molar-refractivity contribution in [2.24, 2.45) is 0 Å². The van der Waals surface area contributed by atoms with Crippen molar-refractivity contribution in [1.82, 2.24) is 4.98 Å². The van der Waals surface area contributed by atoms with Crippen molar-refractivity contribution < 1.29 is 4.79 Å². The minimum absolute atomic E-state index is 0.129. The highest BCUT2D eigenvalue weighted by Gasteiger charge is 2.12. The molecule has 0 saturated heterocycles. The van der Waals surface area contributed by atoms with Crippen molar-refractivity contribution in [3.63, 3.8) is 0 Å². The Morgan fingerprint density at radius 3 is 2.58 bits per heavy atom. The highest BCUT2D eigenvalue weighted by atomic mass is 79.9. The summed E-state index contributed by atoms with van der Waals surface area (Å²) in [4.78, 5) is 16.0. The summed E-state index contributed by atoms with van der Waals surface area (Å²) < 4.78 is 1.68. The molecule has 0 bridgehead atoms. The maximum atomic E-state index is 12.0. The summed E-state index contributed by atoms with van der Waals surface area (Å²) in [5.74, 6) is -0.129. The molecule has 0 spiro atoms. The van der Waals surface area contributed by atoms with E-state index in [1.54, 1.807) is 5.38 Å². The van der Waals surface area contributed by atoms with Gasteiger partial charge in [-0.2, -0.15) is 0 Å². The molecule has 0 radical (unpaired) electrons. The predicted octanol–water partition coefficient (Wildman–Crippen LogP) is 3.74. The molecule has 7 heteroatoms. The predicted molar refractivity (Wildman–Crippen MR) is 85.4 cm³/mol. The van der Waals surface area contributed by atoms with Crippen LogP contribution in [0, 0.1) is 6.92 Å². The number of hydrogen-bond donors (Lipinski definition) is 2. The molecule has 100 valence electrons. The van der Waals surface area contributed by atoms with Crippen LogP contribution in [0.1, 0.15) is 11.3 Å². The van der Waals surface area contributed by atoms with Gasteiger partial charge in [-0.15, -0.1) is 11.3 Å². The highest BCUT2D eigenvalue weighted by Crippen LogP contribution is 2.32. The summed E-state index contributed by atoms with van der Waals surface area (Å²) in [5.41, 5.74) is 8.03. The van der Waals surface area contributed by atoms with E-state index in [-0.39, 0.29) is 12.3 Å². The number of carbonyl (C=O) groups excluding carboxylic acids is 1. The number of rotatable bonds is 3. The second-order valence-corrected chi connectivity index (χ2v) is 6.60. The highest BCUT2D eigenvalue weighted by molar-refractivity contribution is 9.11. The molecule has 0 aliphatic rings. The molecule has 0 aliphatic heterocycles. The molecule has 0 unspecified atom stereocenters. The fourth-order valence-electron chi connectivity index (χ4n) is 1.57. The molecule has 3 N–H and O–H groups in total. The average Bonchev–Trinajstić information content (AvgIpc) is 2.69. The van der Waals surface area contributed by atoms with Gasteiger partial charge in [0.1, 0.15) is 0 Å². The minimum Gasteiger partial charge on any atom is -0.375 e. The first-order valence-corrected chi connectivity index (χ1v) is 7.87. The summed E-state index contributed by atoms with van der Waals surface area (Å²) in [6.45, 7) is 1.99. The molecular formula is C12H11Br2N3OS. The fraction of sp³-hybridized carbons (Fsp3) is 0.167. The maximum Gasteiger partial charge on any atom is 0.230 e. The number of nitrogens with one attached hydrogen (secondary N) is 1. The van der Waals surface area contributed by atoms with E-state index in [9.17, 15) is 4.79 Å². The number of aromatic nitrogens is 1. The zero-order valence-corrected chi connectivity index (χ0v) is 14.0. The molecule has 1 aromatic heterocycles. The number of carbonyl (C=O) groups is 1. The van der Waals surface area contributed by atoms with E-state index in [4.69, 9.17) is 5.73 Å². The molecule has 19 heavy (non-hydrogen) atoms. The molecule has 0 atom stereocenters. The summed E-state index contributed by atoms with van der Waals surface area (Å²) >= 11 is 8.20. The number of thiazole rings is 1. The Hall–Kier alpha value is -0.920. The van der Waals surface area contributed by atoms with Crippen LogP contribution in [0.15, 0.2) is 26.5 Å². The Morgan fingerprint density at radius 2 is 2.05 bits per heavy atom. The topological polar surface area (TPSA) is 68.0 Å². The van der Waals surface area contributed by atoms with Crippen LogP contribution >= 0.6 is 43.2 Å². The van der Waals surface area contributed by atoms with Gasteiger partial charge in [0.25, 0.3) is 0 Å².